The molecule has 0 aromatic rings. The van der Waals surface area contributed by atoms with Crippen molar-refractivity contribution in [1.29, 1.82) is 0 Å². The lowest BCUT2D eigenvalue weighted by atomic mass is 10.1. The topological polar surface area (TPSA) is 63.2 Å². The standard InChI is InChI=1S/C18H36N6O.HI/c1-4-19-18(21-14-17(25)24-7-5-6-8-24)20-13-16(2)15-23-11-9-22(3)10-12-23;/h16H,4-15H2,1-3H3,(H2,19,20,21);1H. The number of guanidine groups is 1. The molecule has 0 bridgehead atoms. The first-order valence-corrected chi connectivity index (χ1v) is 9.79. The van der Waals surface area contributed by atoms with Gasteiger partial charge in [-0.1, -0.05) is 6.92 Å². The number of hydrogen-bond acceptors (Lipinski definition) is 4. The Morgan fingerprint density at radius 1 is 1.08 bits per heavy atom. The second-order valence-electron chi connectivity index (χ2n) is 7.37. The summed E-state index contributed by atoms with van der Waals surface area (Å²) in [6.07, 6.45) is 2.25. The number of hydrogen-bond donors (Lipinski definition) is 2. The molecule has 1 unspecified atom stereocenters. The Morgan fingerprint density at radius 2 is 1.73 bits per heavy atom. The van der Waals surface area contributed by atoms with E-state index in [1.807, 2.05) is 11.8 Å². The summed E-state index contributed by atoms with van der Waals surface area (Å²) in [5.41, 5.74) is 0. The number of amides is 1. The molecule has 0 aromatic heterocycles. The van der Waals surface area contributed by atoms with E-state index in [0.29, 0.717) is 5.92 Å². The average Bonchev–Trinajstić information content (AvgIpc) is 3.14. The number of piperazine rings is 1. The summed E-state index contributed by atoms with van der Waals surface area (Å²) < 4.78 is 0. The number of carbonyl (C=O) groups excluding carboxylic acids is 1. The highest BCUT2D eigenvalue weighted by molar-refractivity contribution is 14.0. The van der Waals surface area contributed by atoms with Crippen LogP contribution < -0.4 is 10.6 Å². The molecular weight excluding hydrogens is 443 g/mol. The van der Waals surface area contributed by atoms with Crippen LogP contribution >= 0.6 is 24.0 Å². The third-order valence-corrected chi connectivity index (χ3v) is 4.96. The molecular formula is C18H37IN6O. The summed E-state index contributed by atoms with van der Waals surface area (Å²) in [6.45, 7) is 13.7. The molecule has 1 amide bonds. The number of likely N-dealkylation sites (tertiary alicyclic amines) is 1. The summed E-state index contributed by atoms with van der Waals surface area (Å²) in [7, 11) is 2.19. The van der Waals surface area contributed by atoms with Gasteiger partial charge in [0, 0.05) is 58.9 Å². The SMILES string of the molecule is CCNC(=NCC(=O)N1CCCC1)NCC(C)CN1CCN(C)CC1.I. The zero-order valence-corrected chi connectivity index (χ0v) is 19.0. The van der Waals surface area contributed by atoms with E-state index >= 15 is 0 Å². The summed E-state index contributed by atoms with van der Waals surface area (Å²) in [4.78, 5) is 23.4. The monoisotopic (exact) mass is 480 g/mol. The van der Waals surface area contributed by atoms with Crippen LogP contribution in [0.15, 0.2) is 4.99 Å². The maximum Gasteiger partial charge on any atom is 0.244 e. The van der Waals surface area contributed by atoms with Gasteiger partial charge in [0.2, 0.25) is 5.91 Å². The molecule has 2 N–H and O–H groups in total. The minimum atomic E-state index is 0. The average molecular weight is 480 g/mol. The van der Waals surface area contributed by atoms with Crippen molar-refractivity contribution in [3.05, 3.63) is 0 Å². The van der Waals surface area contributed by atoms with E-state index in [0.717, 1.165) is 77.7 Å². The fraction of sp³-hybridized carbons (Fsp3) is 0.889. The van der Waals surface area contributed by atoms with E-state index in [4.69, 9.17) is 0 Å². The van der Waals surface area contributed by atoms with Crippen LogP contribution in [0, 0.1) is 5.92 Å². The van der Waals surface area contributed by atoms with E-state index in [9.17, 15) is 4.79 Å². The Morgan fingerprint density at radius 3 is 2.35 bits per heavy atom. The Hall–Kier alpha value is -0.610. The van der Waals surface area contributed by atoms with E-state index in [-0.39, 0.29) is 36.4 Å². The molecule has 0 radical (unpaired) electrons. The fourth-order valence-corrected chi connectivity index (χ4v) is 3.36. The maximum atomic E-state index is 12.1. The second-order valence-corrected chi connectivity index (χ2v) is 7.37. The molecule has 0 spiro atoms. The van der Waals surface area contributed by atoms with Gasteiger partial charge in [-0.05, 0) is 32.7 Å². The summed E-state index contributed by atoms with van der Waals surface area (Å²) in [5.74, 6) is 1.43. The van der Waals surface area contributed by atoms with Gasteiger partial charge in [-0.15, -0.1) is 24.0 Å². The summed E-state index contributed by atoms with van der Waals surface area (Å²) in [6, 6.07) is 0. The molecule has 0 saturated carbocycles. The van der Waals surface area contributed by atoms with Crippen molar-refractivity contribution in [1.82, 2.24) is 25.3 Å². The largest absolute Gasteiger partial charge is 0.357 e. The number of carbonyl (C=O) groups is 1. The van der Waals surface area contributed by atoms with Gasteiger partial charge in [0.1, 0.15) is 6.54 Å². The Labute approximate surface area is 176 Å². The van der Waals surface area contributed by atoms with E-state index in [2.05, 4.69) is 39.4 Å². The van der Waals surface area contributed by atoms with Gasteiger partial charge in [0.25, 0.3) is 0 Å². The van der Waals surface area contributed by atoms with Gasteiger partial charge in [-0.3, -0.25) is 4.79 Å². The molecule has 2 heterocycles. The molecule has 2 saturated heterocycles. The third kappa shape index (κ3) is 8.39. The van der Waals surface area contributed by atoms with E-state index in [1.165, 1.54) is 0 Å². The number of halogens is 1. The number of rotatable bonds is 7. The molecule has 8 heteroatoms. The van der Waals surface area contributed by atoms with Gasteiger partial charge in [-0.2, -0.15) is 0 Å². The van der Waals surface area contributed by atoms with E-state index in [1.54, 1.807) is 0 Å². The molecule has 2 fully saturated rings. The van der Waals surface area contributed by atoms with Gasteiger partial charge >= 0.3 is 0 Å². The van der Waals surface area contributed by atoms with Gasteiger partial charge in [0.15, 0.2) is 5.96 Å². The van der Waals surface area contributed by atoms with Crippen LogP contribution in [-0.2, 0) is 4.79 Å². The Bertz CT molecular complexity index is 433. The predicted octanol–water partition coefficient (Wildman–Crippen LogP) is 0.665. The lowest BCUT2D eigenvalue weighted by Gasteiger charge is -2.34. The van der Waals surface area contributed by atoms with Crippen LogP contribution in [0.25, 0.3) is 0 Å². The third-order valence-electron chi connectivity index (χ3n) is 4.96. The van der Waals surface area contributed by atoms with Gasteiger partial charge in [-0.25, -0.2) is 4.99 Å². The highest BCUT2D eigenvalue weighted by Gasteiger charge is 2.18. The van der Waals surface area contributed by atoms with Gasteiger partial charge < -0.3 is 25.3 Å². The van der Waals surface area contributed by atoms with Crippen molar-refractivity contribution in [2.24, 2.45) is 10.9 Å². The minimum absolute atomic E-state index is 0. The number of likely N-dealkylation sites (N-methyl/N-ethyl adjacent to an activating group) is 1. The van der Waals surface area contributed by atoms with Gasteiger partial charge in [0.05, 0.1) is 0 Å². The van der Waals surface area contributed by atoms with Crippen LogP contribution in [0.5, 0.6) is 0 Å². The molecule has 152 valence electrons. The lowest BCUT2D eigenvalue weighted by molar-refractivity contribution is -0.128. The first kappa shape index (κ1) is 23.4. The summed E-state index contributed by atoms with van der Waals surface area (Å²) in [5, 5.41) is 6.64. The lowest BCUT2D eigenvalue weighted by Crippen LogP contribution is -2.47. The minimum Gasteiger partial charge on any atom is -0.357 e. The van der Waals surface area contributed by atoms with Crippen LogP contribution in [-0.4, -0.2) is 99.1 Å². The smallest absolute Gasteiger partial charge is 0.244 e. The Kier molecular flexibility index (Phi) is 11.5. The predicted molar refractivity (Wildman–Crippen MR) is 118 cm³/mol. The molecule has 0 aromatic carbocycles. The van der Waals surface area contributed by atoms with Crippen LogP contribution in [0.3, 0.4) is 0 Å². The molecule has 2 aliphatic heterocycles. The molecule has 2 rings (SSSR count). The van der Waals surface area contributed by atoms with Crippen molar-refractivity contribution in [3.63, 3.8) is 0 Å². The number of nitrogens with one attached hydrogen (secondary N) is 2. The maximum absolute atomic E-state index is 12.1. The van der Waals surface area contributed by atoms with Crippen LogP contribution in [0.4, 0.5) is 0 Å². The zero-order chi connectivity index (χ0) is 18.1. The van der Waals surface area contributed by atoms with E-state index < -0.39 is 0 Å². The zero-order valence-electron chi connectivity index (χ0n) is 16.7. The normalized spacial score (nSPS) is 20.6. The quantitative estimate of drug-likeness (QED) is 0.319. The summed E-state index contributed by atoms with van der Waals surface area (Å²) >= 11 is 0. The molecule has 2 aliphatic rings. The highest BCUT2D eigenvalue weighted by Crippen LogP contribution is 2.07. The van der Waals surface area contributed by atoms with Crippen molar-refractivity contribution < 1.29 is 4.79 Å². The second kappa shape index (κ2) is 12.7. The highest BCUT2D eigenvalue weighted by atomic mass is 127. The number of aliphatic imine (C=N–C) groups is 1. The Balaban J connectivity index is 0.00000338. The van der Waals surface area contributed by atoms with Crippen molar-refractivity contribution >= 4 is 35.8 Å². The first-order chi connectivity index (χ1) is 12.1. The van der Waals surface area contributed by atoms with Crippen molar-refractivity contribution in [3.8, 4) is 0 Å². The molecule has 0 aliphatic carbocycles. The fourth-order valence-electron chi connectivity index (χ4n) is 3.36. The molecule has 1 atom stereocenters. The van der Waals surface area contributed by atoms with Crippen molar-refractivity contribution in [2.75, 3.05) is 72.5 Å². The van der Waals surface area contributed by atoms with Crippen LogP contribution in [0.2, 0.25) is 0 Å². The van der Waals surface area contributed by atoms with Crippen molar-refractivity contribution in [2.45, 2.75) is 26.7 Å². The molecule has 26 heavy (non-hydrogen) atoms. The van der Waals surface area contributed by atoms with Crippen LogP contribution in [0.1, 0.15) is 26.7 Å². The number of nitrogens with zero attached hydrogens (tertiary/aromatic N) is 4. The first-order valence-electron chi connectivity index (χ1n) is 9.79. The molecule has 7 nitrogen and oxygen atoms in total.